The molecule has 1 saturated heterocycles. The number of benzene rings is 2. The first-order chi connectivity index (χ1) is 16.4. The molecule has 3 heterocycles. The Bertz CT molecular complexity index is 1370. The van der Waals surface area contributed by atoms with Crippen LogP contribution in [0.15, 0.2) is 83.4 Å². The molecule has 0 saturated carbocycles. The van der Waals surface area contributed by atoms with Crippen LogP contribution in [0.1, 0.15) is 39.5 Å². The van der Waals surface area contributed by atoms with E-state index in [-0.39, 0.29) is 23.5 Å². The number of aryl methyl sites for hydroxylation is 1. The Morgan fingerprint density at radius 2 is 1.91 bits per heavy atom. The average molecular weight is 474 g/mol. The summed E-state index contributed by atoms with van der Waals surface area (Å²) >= 11 is 5.67. The number of thiocarbonyl (C=S) groups is 1. The highest BCUT2D eigenvalue weighted by atomic mass is 32.1. The fraction of sp³-hybridized carbons (Fsp3) is 0.115. The Morgan fingerprint density at radius 1 is 1.12 bits per heavy atom. The van der Waals surface area contributed by atoms with Crippen molar-refractivity contribution in [1.29, 1.82) is 0 Å². The number of pyridine rings is 1. The zero-order chi connectivity index (χ0) is 23.8. The molecule has 2 aromatic heterocycles. The maximum absolute atomic E-state index is 13.6. The van der Waals surface area contributed by atoms with E-state index in [1.54, 1.807) is 36.5 Å². The van der Waals surface area contributed by atoms with Gasteiger partial charge in [-0.3, -0.25) is 4.98 Å². The summed E-state index contributed by atoms with van der Waals surface area (Å²) < 4.78 is 19.9. The van der Waals surface area contributed by atoms with Crippen LogP contribution < -0.4 is 10.2 Å². The average Bonchev–Trinajstić information content (AvgIpc) is 3.44. The molecule has 0 radical (unpaired) electrons. The quantitative estimate of drug-likeness (QED) is 0.362. The van der Waals surface area contributed by atoms with Crippen LogP contribution in [0.5, 0.6) is 0 Å². The highest BCUT2D eigenvalue weighted by molar-refractivity contribution is 7.80. The van der Waals surface area contributed by atoms with Gasteiger partial charge in [-0.25, -0.2) is 9.18 Å². The number of hydrogen-bond donors (Lipinski definition) is 2. The van der Waals surface area contributed by atoms with Crippen LogP contribution in [0, 0.1) is 12.7 Å². The second kappa shape index (κ2) is 8.72. The summed E-state index contributed by atoms with van der Waals surface area (Å²) in [6.07, 6.45) is 1.72. The van der Waals surface area contributed by atoms with Crippen LogP contribution >= 0.6 is 12.2 Å². The van der Waals surface area contributed by atoms with Crippen LogP contribution in [0.2, 0.25) is 0 Å². The van der Waals surface area contributed by atoms with E-state index in [9.17, 15) is 14.3 Å². The third-order valence-corrected chi connectivity index (χ3v) is 6.17. The highest BCUT2D eigenvalue weighted by Gasteiger charge is 2.42. The number of rotatable bonds is 5. The van der Waals surface area contributed by atoms with Crippen molar-refractivity contribution in [3.63, 3.8) is 0 Å². The topological polar surface area (TPSA) is 78.6 Å². The predicted octanol–water partition coefficient (Wildman–Crippen LogP) is 5.66. The summed E-state index contributed by atoms with van der Waals surface area (Å²) in [4.78, 5) is 17.7. The minimum Gasteiger partial charge on any atom is -0.478 e. The van der Waals surface area contributed by atoms with Gasteiger partial charge in [0.15, 0.2) is 5.11 Å². The molecular formula is C26H20FN3O3S. The normalized spacial score (nSPS) is 17.6. The molecule has 2 atom stereocenters. The number of furan rings is 1. The number of nitrogens with zero attached hydrogens (tertiary/aromatic N) is 2. The van der Waals surface area contributed by atoms with Gasteiger partial charge in [-0.1, -0.05) is 12.1 Å². The van der Waals surface area contributed by atoms with E-state index in [4.69, 9.17) is 16.6 Å². The van der Waals surface area contributed by atoms with E-state index in [0.717, 1.165) is 22.5 Å². The third-order valence-electron chi connectivity index (χ3n) is 5.86. The lowest BCUT2D eigenvalue weighted by Gasteiger charge is -2.26. The zero-order valence-electron chi connectivity index (χ0n) is 18.1. The van der Waals surface area contributed by atoms with Gasteiger partial charge in [0, 0.05) is 17.4 Å². The van der Waals surface area contributed by atoms with E-state index >= 15 is 0 Å². The fourth-order valence-electron chi connectivity index (χ4n) is 4.25. The molecular weight excluding hydrogens is 453 g/mol. The van der Waals surface area contributed by atoms with Gasteiger partial charge in [0.25, 0.3) is 0 Å². The lowest BCUT2D eigenvalue weighted by Crippen LogP contribution is -2.29. The van der Waals surface area contributed by atoms with Gasteiger partial charge in [-0.2, -0.15) is 0 Å². The van der Waals surface area contributed by atoms with Crippen LogP contribution in [0.4, 0.5) is 10.1 Å². The maximum Gasteiger partial charge on any atom is 0.335 e. The van der Waals surface area contributed by atoms with Crippen molar-refractivity contribution in [3.05, 3.63) is 107 Å². The van der Waals surface area contributed by atoms with Crippen molar-refractivity contribution >= 4 is 29.0 Å². The number of aromatic carboxylic acids is 1. The number of nitrogens with one attached hydrogen (secondary N) is 1. The molecule has 2 N–H and O–H groups in total. The molecule has 2 unspecified atom stereocenters. The Hall–Kier alpha value is -4.04. The van der Waals surface area contributed by atoms with Crippen LogP contribution in [0.25, 0.3) is 11.3 Å². The standard InChI is InChI=1S/C26H20FN3O3S/c1-15-14-16(25(31)32)5-10-19(15)21-11-12-22(33-21)24-23(20-4-2-3-13-28-20)29-26(34)30(24)18-8-6-17(27)7-9-18/h2-14,23-24H,1H3,(H,29,34)(H,31,32). The minimum absolute atomic E-state index is 0.219. The number of anilines is 1. The van der Waals surface area contributed by atoms with Gasteiger partial charge >= 0.3 is 5.97 Å². The molecule has 1 fully saturated rings. The first-order valence-electron chi connectivity index (χ1n) is 10.6. The summed E-state index contributed by atoms with van der Waals surface area (Å²) in [5, 5.41) is 13.1. The van der Waals surface area contributed by atoms with Gasteiger partial charge in [-0.15, -0.1) is 0 Å². The van der Waals surface area contributed by atoms with Crippen molar-refractivity contribution in [2.45, 2.75) is 19.0 Å². The summed E-state index contributed by atoms with van der Waals surface area (Å²) in [7, 11) is 0. The molecule has 34 heavy (non-hydrogen) atoms. The van der Waals surface area contributed by atoms with E-state index in [0.29, 0.717) is 16.6 Å². The van der Waals surface area contributed by atoms with Crippen molar-refractivity contribution in [2.75, 3.05) is 4.90 Å². The fourth-order valence-corrected chi connectivity index (χ4v) is 4.60. The second-order valence-electron chi connectivity index (χ2n) is 8.01. The summed E-state index contributed by atoms with van der Waals surface area (Å²) in [6, 6.07) is 19.8. The molecule has 5 rings (SSSR count). The molecule has 6 nitrogen and oxygen atoms in total. The SMILES string of the molecule is Cc1cc(C(=O)O)ccc1-c1ccc(C2C(c3ccccn3)NC(=S)N2c2ccc(F)cc2)o1. The van der Waals surface area contributed by atoms with Crippen LogP contribution in [-0.4, -0.2) is 21.2 Å². The molecule has 1 aliphatic rings. The van der Waals surface area contributed by atoms with E-state index in [1.165, 1.54) is 12.1 Å². The van der Waals surface area contributed by atoms with Gasteiger partial charge in [0.1, 0.15) is 23.4 Å². The van der Waals surface area contributed by atoms with Crippen molar-refractivity contribution in [3.8, 4) is 11.3 Å². The molecule has 0 bridgehead atoms. The van der Waals surface area contributed by atoms with E-state index in [1.807, 2.05) is 42.2 Å². The largest absolute Gasteiger partial charge is 0.478 e. The monoisotopic (exact) mass is 473 g/mol. The van der Waals surface area contributed by atoms with E-state index in [2.05, 4.69) is 10.3 Å². The first-order valence-corrected chi connectivity index (χ1v) is 11.0. The molecule has 0 spiro atoms. The summed E-state index contributed by atoms with van der Waals surface area (Å²) in [6.45, 7) is 1.84. The Balaban J connectivity index is 1.58. The summed E-state index contributed by atoms with van der Waals surface area (Å²) in [5.41, 5.74) is 3.32. The molecule has 4 aromatic rings. The lowest BCUT2D eigenvalue weighted by molar-refractivity contribution is 0.0696. The summed E-state index contributed by atoms with van der Waals surface area (Å²) in [5.74, 6) is -0.0567. The van der Waals surface area contributed by atoms with Crippen LogP contribution in [0.3, 0.4) is 0 Å². The number of halogens is 1. The van der Waals surface area contributed by atoms with Gasteiger partial charge in [0.05, 0.1) is 17.3 Å². The molecule has 1 aliphatic heterocycles. The predicted molar refractivity (Wildman–Crippen MR) is 130 cm³/mol. The van der Waals surface area contributed by atoms with Crippen molar-refractivity contribution in [1.82, 2.24) is 10.3 Å². The molecule has 2 aromatic carbocycles. The third kappa shape index (κ3) is 3.92. The Kier molecular flexibility index (Phi) is 5.59. The highest BCUT2D eigenvalue weighted by Crippen LogP contribution is 2.43. The van der Waals surface area contributed by atoms with Crippen LogP contribution in [-0.2, 0) is 0 Å². The molecule has 170 valence electrons. The molecule has 0 amide bonds. The lowest BCUT2D eigenvalue weighted by atomic mass is 10.0. The number of carbonyl (C=O) groups is 1. The smallest absolute Gasteiger partial charge is 0.335 e. The van der Waals surface area contributed by atoms with Gasteiger partial charge in [0.2, 0.25) is 0 Å². The first kappa shape index (κ1) is 21.8. The van der Waals surface area contributed by atoms with Gasteiger partial charge in [-0.05, 0) is 85.4 Å². The van der Waals surface area contributed by atoms with Gasteiger partial charge < -0.3 is 19.7 Å². The Labute approximate surface area is 200 Å². The number of aromatic nitrogens is 1. The Morgan fingerprint density at radius 3 is 2.59 bits per heavy atom. The zero-order valence-corrected chi connectivity index (χ0v) is 18.9. The molecule has 8 heteroatoms. The number of carboxylic acid groups (broad SMARTS) is 1. The van der Waals surface area contributed by atoms with E-state index < -0.39 is 5.97 Å². The van der Waals surface area contributed by atoms with Crippen molar-refractivity contribution < 1.29 is 18.7 Å². The number of hydrogen-bond acceptors (Lipinski definition) is 4. The maximum atomic E-state index is 13.6. The van der Waals surface area contributed by atoms with Crippen molar-refractivity contribution in [2.24, 2.45) is 0 Å². The number of carboxylic acids is 1. The molecule has 0 aliphatic carbocycles. The second-order valence-corrected chi connectivity index (χ2v) is 8.40. The minimum atomic E-state index is -0.978.